The van der Waals surface area contributed by atoms with Gasteiger partial charge in [0.25, 0.3) is 0 Å². The normalized spacial score (nSPS) is 20.4. The predicted octanol–water partition coefficient (Wildman–Crippen LogP) is 2.81. The zero-order chi connectivity index (χ0) is 15.4. The number of aryl methyl sites for hydroxylation is 2. The Morgan fingerprint density at radius 1 is 1.43 bits per heavy atom. The van der Waals surface area contributed by atoms with E-state index >= 15 is 0 Å². The monoisotopic (exact) mass is 290 g/mol. The maximum atomic E-state index is 9.06. The number of nitrogens with two attached hydrogens (primary N) is 1. The first-order chi connectivity index (χ1) is 10.1. The summed E-state index contributed by atoms with van der Waals surface area (Å²) >= 11 is 0. The first kappa shape index (κ1) is 15.6. The van der Waals surface area contributed by atoms with E-state index in [1.807, 2.05) is 19.9 Å². The van der Waals surface area contributed by atoms with Gasteiger partial charge in [0, 0.05) is 18.8 Å². The quantitative estimate of drug-likeness (QED) is 0.388. The van der Waals surface area contributed by atoms with Crippen LogP contribution in [0.4, 0.5) is 5.69 Å². The van der Waals surface area contributed by atoms with Crippen molar-refractivity contribution in [3.8, 4) is 0 Å². The minimum atomic E-state index is 0.145. The zero-order valence-corrected chi connectivity index (χ0v) is 13.3. The van der Waals surface area contributed by atoms with Crippen molar-refractivity contribution in [1.29, 1.82) is 0 Å². The van der Waals surface area contributed by atoms with E-state index in [0.29, 0.717) is 0 Å². The molecule has 0 radical (unpaired) electrons. The van der Waals surface area contributed by atoms with E-state index in [1.54, 1.807) is 0 Å². The van der Waals surface area contributed by atoms with Crippen molar-refractivity contribution in [3.05, 3.63) is 23.0 Å². The molecule has 1 unspecified atom stereocenters. The third-order valence-corrected chi connectivity index (χ3v) is 4.44. The lowest BCUT2D eigenvalue weighted by Crippen LogP contribution is -2.29. The fraction of sp³-hybridized carbons (Fsp3) is 0.625. The average molecular weight is 290 g/mol. The van der Waals surface area contributed by atoms with E-state index in [0.717, 1.165) is 41.6 Å². The van der Waals surface area contributed by atoms with Crippen molar-refractivity contribution in [2.45, 2.75) is 46.5 Å². The summed E-state index contributed by atoms with van der Waals surface area (Å²) in [7, 11) is 0. The highest BCUT2D eigenvalue weighted by atomic mass is 16.4. The lowest BCUT2D eigenvalue weighted by molar-refractivity contribution is 0.318. The van der Waals surface area contributed by atoms with Crippen molar-refractivity contribution in [2.24, 2.45) is 16.8 Å². The number of amidine groups is 1. The van der Waals surface area contributed by atoms with Crippen LogP contribution in [0.5, 0.6) is 0 Å². The summed E-state index contributed by atoms with van der Waals surface area (Å²) in [5, 5.41) is 12.2. The van der Waals surface area contributed by atoms with Crippen LogP contribution in [0.25, 0.3) is 0 Å². The first-order valence-corrected chi connectivity index (χ1v) is 7.77. The second kappa shape index (κ2) is 6.78. The summed E-state index contributed by atoms with van der Waals surface area (Å²) < 4.78 is 0. The van der Waals surface area contributed by atoms with Crippen LogP contribution in [0.1, 0.15) is 49.6 Å². The predicted molar refractivity (Wildman–Crippen MR) is 86.1 cm³/mol. The molecule has 1 atom stereocenters. The molecule has 0 spiro atoms. The molecule has 1 aliphatic rings. The van der Waals surface area contributed by atoms with Crippen LogP contribution in [0.3, 0.4) is 0 Å². The van der Waals surface area contributed by atoms with Crippen molar-refractivity contribution in [2.75, 3.05) is 18.0 Å². The minimum absolute atomic E-state index is 0.145. The van der Waals surface area contributed by atoms with Crippen molar-refractivity contribution >= 4 is 11.5 Å². The Balaban J connectivity index is 2.38. The average Bonchev–Trinajstić information content (AvgIpc) is 2.71. The van der Waals surface area contributed by atoms with Gasteiger partial charge in [0.05, 0.1) is 16.9 Å². The van der Waals surface area contributed by atoms with Crippen LogP contribution >= 0.6 is 0 Å². The molecule has 0 aliphatic carbocycles. The fourth-order valence-corrected chi connectivity index (χ4v) is 3.24. The topological polar surface area (TPSA) is 74.7 Å². The molecule has 5 nitrogen and oxygen atoms in total. The highest BCUT2D eigenvalue weighted by Crippen LogP contribution is 2.28. The van der Waals surface area contributed by atoms with Crippen LogP contribution in [-0.4, -0.2) is 29.1 Å². The molecule has 0 aromatic carbocycles. The van der Waals surface area contributed by atoms with Gasteiger partial charge in [-0.15, -0.1) is 0 Å². The first-order valence-electron chi connectivity index (χ1n) is 7.77. The zero-order valence-electron chi connectivity index (χ0n) is 13.3. The highest BCUT2D eigenvalue weighted by molar-refractivity contribution is 6.03. The van der Waals surface area contributed by atoms with E-state index in [2.05, 4.69) is 22.0 Å². The van der Waals surface area contributed by atoms with Gasteiger partial charge in [0.15, 0.2) is 5.84 Å². The van der Waals surface area contributed by atoms with Crippen LogP contribution in [0.15, 0.2) is 11.2 Å². The van der Waals surface area contributed by atoms with Crippen LogP contribution in [-0.2, 0) is 0 Å². The van der Waals surface area contributed by atoms with Gasteiger partial charge in [-0.05, 0) is 45.1 Å². The smallest absolute Gasteiger partial charge is 0.174 e. The molecular formula is C16H26N4O. The third kappa shape index (κ3) is 3.46. The molecule has 1 aromatic rings. The van der Waals surface area contributed by atoms with Gasteiger partial charge in [-0.2, -0.15) is 0 Å². The van der Waals surface area contributed by atoms with Crippen molar-refractivity contribution in [1.82, 2.24) is 4.98 Å². The molecule has 2 rings (SSSR count). The SMILES string of the molecule is CCC1CCCN(c2cc(C)nc(C)c2/C(N)=N/O)CC1. The van der Waals surface area contributed by atoms with Gasteiger partial charge in [-0.1, -0.05) is 18.5 Å². The largest absolute Gasteiger partial charge is 0.409 e. The van der Waals surface area contributed by atoms with Gasteiger partial charge in [-0.3, -0.25) is 4.98 Å². The molecule has 0 amide bonds. The molecule has 1 fully saturated rings. The standard InChI is InChI=1S/C16H26N4O/c1-4-13-6-5-8-20(9-7-13)14-10-11(2)18-12(3)15(14)16(17)19-21/h10,13,21H,4-9H2,1-3H3,(H2,17,19). The summed E-state index contributed by atoms with van der Waals surface area (Å²) in [6.07, 6.45) is 4.92. The van der Waals surface area contributed by atoms with E-state index < -0.39 is 0 Å². The number of hydrogen-bond donors (Lipinski definition) is 2. The van der Waals surface area contributed by atoms with E-state index in [1.165, 1.54) is 25.7 Å². The Hall–Kier alpha value is -1.78. The number of pyridine rings is 1. The van der Waals surface area contributed by atoms with Crippen LogP contribution < -0.4 is 10.6 Å². The van der Waals surface area contributed by atoms with Gasteiger partial charge in [-0.25, -0.2) is 0 Å². The number of aromatic nitrogens is 1. The summed E-state index contributed by atoms with van der Waals surface area (Å²) in [6, 6.07) is 2.05. The van der Waals surface area contributed by atoms with Gasteiger partial charge in [0.1, 0.15) is 0 Å². The molecule has 1 aromatic heterocycles. The molecule has 0 bridgehead atoms. The van der Waals surface area contributed by atoms with E-state index in [-0.39, 0.29) is 5.84 Å². The Kier molecular flexibility index (Phi) is 5.04. The Morgan fingerprint density at radius 2 is 2.19 bits per heavy atom. The molecule has 116 valence electrons. The van der Waals surface area contributed by atoms with Gasteiger partial charge < -0.3 is 15.8 Å². The summed E-state index contributed by atoms with van der Waals surface area (Å²) in [4.78, 5) is 6.82. The third-order valence-electron chi connectivity index (χ3n) is 4.44. The van der Waals surface area contributed by atoms with Crippen LogP contribution in [0.2, 0.25) is 0 Å². The highest BCUT2D eigenvalue weighted by Gasteiger charge is 2.21. The number of hydrogen-bond acceptors (Lipinski definition) is 4. The number of oxime groups is 1. The second-order valence-corrected chi connectivity index (χ2v) is 5.92. The van der Waals surface area contributed by atoms with Crippen LogP contribution in [0, 0.1) is 19.8 Å². The van der Waals surface area contributed by atoms with E-state index in [9.17, 15) is 0 Å². The maximum Gasteiger partial charge on any atom is 0.174 e. The van der Waals surface area contributed by atoms with Gasteiger partial charge >= 0.3 is 0 Å². The molecule has 21 heavy (non-hydrogen) atoms. The molecule has 2 heterocycles. The molecule has 1 saturated heterocycles. The Labute approximate surface area is 126 Å². The maximum absolute atomic E-state index is 9.06. The van der Waals surface area contributed by atoms with Crippen molar-refractivity contribution in [3.63, 3.8) is 0 Å². The lowest BCUT2D eigenvalue weighted by Gasteiger charge is -2.26. The van der Waals surface area contributed by atoms with Gasteiger partial charge in [0.2, 0.25) is 0 Å². The molecule has 1 aliphatic heterocycles. The number of nitrogens with zero attached hydrogens (tertiary/aromatic N) is 3. The Morgan fingerprint density at radius 3 is 2.86 bits per heavy atom. The molecule has 5 heteroatoms. The van der Waals surface area contributed by atoms with Crippen molar-refractivity contribution < 1.29 is 5.21 Å². The molecule has 3 N–H and O–H groups in total. The molecule has 0 saturated carbocycles. The number of anilines is 1. The Bertz CT molecular complexity index is 527. The number of rotatable bonds is 3. The fourth-order valence-electron chi connectivity index (χ4n) is 3.24. The summed E-state index contributed by atoms with van der Waals surface area (Å²) in [5.74, 6) is 0.956. The minimum Gasteiger partial charge on any atom is -0.409 e. The second-order valence-electron chi connectivity index (χ2n) is 5.92. The van der Waals surface area contributed by atoms with E-state index in [4.69, 9.17) is 10.9 Å². The lowest BCUT2D eigenvalue weighted by atomic mass is 9.98. The summed E-state index contributed by atoms with van der Waals surface area (Å²) in [5.41, 5.74) is 9.47. The summed E-state index contributed by atoms with van der Waals surface area (Å²) in [6.45, 7) is 8.21. The molecular weight excluding hydrogens is 264 g/mol.